The van der Waals surface area contributed by atoms with Crippen molar-refractivity contribution in [1.82, 2.24) is 10.2 Å². The van der Waals surface area contributed by atoms with Gasteiger partial charge in [0.05, 0.1) is 13.2 Å². The van der Waals surface area contributed by atoms with Crippen LogP contribution < -0.4 is 5.32 Å². The lowest BCUT2D eigenvalue weighted by Gasteiger charge is -2.16. The molecule has 1 amide bonds. The third-order valence-corrected chi connectivity index (χ3v) is 2.66. The fourth-order valence-electron chi connectivity index (χ4n) is 1.64. The van der Waals surface area contributed by atoms with Crippen molar-refractivity contribution in [1.29, 1.82) is 0 Å². The van der Waals surface area contributed by atoms with Crippen LogP contribution in [0.2, 0.25) is 0 Å². The second-order valence-electron chi connectivity index (χ2n) is 4.43. The highest BCUT2D eigenvalue weighted by atomic mass is 19.1. The number of carbonyl (C=O) groups is 1. The molecule has 0 aliphatic carbocycles. The van der Waals surface area contributed by atoms with Crippen LogP contribution in [-0.4, -0.2) is 43.2 Å². The summed E-state index contributed by atoms with van der Waals surface area (Å²) in [6.07, 6.45) is 0.373. The first-order valence-corrected chi connectivity index (χ1v) is 6.34. The molecule has 0 fully saturated rings. The second-order valence-corrected chi connectivity index (χ2v) is 4.43. The Morgan fingerprint density at radius 2 is 2.25 bits per heavy atom. The quantitative estimate of drug-likeness (QED) is 0.781. The number of nitrogens with one attached hydrogen (secondary N) is 1. The number of carbonyl (C=O) groups excluding carboxylic acids is 1. The average molecular weight is 278 g/mol. The molecule has 0 aromatic heterocycles. The van der Waals surface area contributed by atoms with Gasteiger partial charge in [0.2, 0.25) is 5.91 Å². The Kier molecular flexibility index (Phi) is 6.71. The van der Waals surface area contributed by atoms with Gasteiger partial charge in [0.1, 0.15) is 5.82 Å². The van der Waals surface area contributed by atoms with Gasteiger partial charge in [-0.05, 0) is 19.2 Å². The first-order chi connectivity index (χ1) is 9.56. The Labute approximate surface area is 118 Å². The lowest BCUT2D eigenvalue weighted by atomic mass is 10.1. The van der Waals surface area contributed by atoms with E-state index in [2.05, 4.69) is 17.2 Å². The number of amides is 1. The molecule has 0 aliphatic heterocycles. The highest BCUT2D eigenvalue weighted by Crippen LogP contribution is 2.12. The van der Waals surface area contributed by atoms with E-state index >= 15 is 0 Å². The standard InChI is InChI=1S/C15H19FN2O2/c1-17-15(20)11-18(2)10-13-7-6-12(9-14(13)16)5-3-4-8-19/h6-7,9,19H,4,8,10-11H2,1-2H3,(H,17,20). The fourth-order valence-corrected chi connectivity index (χ4v) is 1.64. The van der Waals surface area contributed by atoms with E-state index < -0.39 is 0 Å². The smallest absolute Gasteiger partial charge is 0.233 e. The van der Waals surface area contributed by atoms with Crippen LogP contribution in [0.4, 0.5) is 4.39 Å². The van der Waals surface area contributed by atoms with Gasteiger partial charge in [-0.2, -0.15) is 0 Å². The van der Waals surface area contributed by atoms with Crippen molar-refractivity contribution < 1.29 is 14.3 Å². The van der Waals surface area contributed by atoms with Gasteiger partial charge in [-0.3, -0.25) is 9.69 Å². The molecular formula is C15H19FN2O2. The van der Waals surface area contributed by atoms with Crippen LogP contribution in [-0.2, 0) is 11.3 Å². The topological polar surface area (TPSA) is 52.6 Å². The van der Waals surface area contributed by atoms with Gasteiger partial charge in [-0.25, -0.2) is 4.39 Å². The van der Waals surface area contributed by atoms with E-state index in [1.54, 1.807) is 31.1 Å². The molecule has 0 aliphatic rings. The molecule has 1 aromatic carbocycles. The Morgan fingerprint density at radius 3 is 2.85 bits per heavy atom. The maximum absolute atomic E-state index is 13.9. The number of halogens is 1. The number of aliphatic hydroxyl groups excluding tert-OH is 1. The normalized spacial score (nSPS) is 10.1. The molecule has 1 rings (SSSR count). The minimum atomic E-state index is -0.343. The van der Waals surface area contributed by atoms with Crippen molar-refractivity contribution in [2.24, 2.45) is 0 Å². The summed E-state index contributed by atoms with van der Waals surface area (Å²) in [4.78, 5) is 12.9. The summed E-state index contributed by atoms with van der Waals surface area (Å²) in [5.74, 6) is 5.07. The number of rotatable bonds is 5. The fraction of sp³-hybridized carbons (Fsp3) is 0.400. The SMILES string of the molecule is CNC(=O)CN(C)Cc1ccc(C#CCCO)cc1F. The molecule has 0 atom stereocenters. The van der Waals surface area contributed by atoms with Crippen LogP contribution in [0.15, 0.2) is 18.2 Å². The van der Waals surface area contributed by atoms with Gasteiger partial charge < -0.3 is 10.4 Å². The molecule has 0 unspecified atom stereocenters. The predicted molar refractivity (Wildman–Crippen MR) is 75.4 cm³/mol. The van der Waals surface area contributed by atoms with Crippen molar-refractivity contribution in [3.63, 3.8) is 0 Å². The molecule has 108 valence electrons. The van der Waals surface area contributed by atoms with E-state index in [0.29, 0.717) is 24.1 Å². The zero-order valence-corrected chi connectivity index (χ0v) is 11.7. The highest BCUT2D eigenvalue weighted by molar-refractivity contribution is 5.77. The minimum absolute atomic E-state index is 0.00213. The van der Waals surface area contributed by atoms with Crippen LogP contribution in [0.25, 0.3) is 0 Å². The van der Waals surface area contributed by atoms with Gasteiger partial charge in [-0.15, -0.1) is 0 Å². The number of benzene rings is 1. The summed E-state index contributed by atoms with van der Waals surface area (Å²) in [5.41, 5.74) is 1.10. The van der Waals surface area contributed by atoms with Gasteiger partial charge in [0.15, 0.2) is 0 Å². The molecule has 0 saturated heterocycles. The van der Waals surface area contributed by atoms with Crippen molar-refractivity contribution in [3.8, 4) is 11.8 Å². The zero-order chi connectivity index (χ0) is 15.0. The molecule has 0 bridgehead atoms. The molecule has 2 N–H and O–H groups in total. The summed E-state index contributed by atoms with van der Waals surface area (Å²) >= 11 is 0. The molecule has 0 saturated carbocycles. The van der Waals surface area contributed by atoms with Crippen LogP contribution in [0, 0.1) is 17.7 Å². The Balaban J connectivity index is 2.69. The maximum Gasteiger partial charge on any atom is 0.233 e. The number of hydrogen-bond acceptors (Lipinski definition) is 3. The Bertz CT molecular complexity index is 520. The highest BCUT2D eigenvalue weighted by Gasteiger charge is 2.09. The first kappa shape index (κ1) is 16.2. The van der Waals surface area contributed by atoms with E-state index in [0.717, 1.165) is 0 Å². The Hall–Kier alpha value is -1.90. The van der Waals surface area contributed by atoms with Crippen molar-refractivity contribution >= 4 is 5.91 Å². The van der Waals surface area contributed by atoms with E-state index in [1.165, 1.54) is 6.07 Å². The monoisotopic (exact) mass is 278 g/mol. The Morgan fingerprint density at radius 1 is 1.50 bits per heavy atom. The molecule has 0 heterocycles. The van der Waals surface area contributed by atoms with Crippen LogP contribution in [0.3, 0.4) is 0 Å². The lowest BCUT2D eigenvalue weighted by Crippen LogP contribution is -2.32. The number of hydrogen-bond donors (Lipinski definition) is 2. The lowest BCUT2D eigenvalue weighted by molar-refractivity contribution is -0.121. The largest absolute Gasteiger partial charge is 0.395 e. The minimum Gasteiger partial charge on any atom is -0.395 e. The number of aliphatic hydroxyl groups is 1. The molecular weight excluding hydrogens is 259 g/mol. The summed E-state index contributed by atoms with van der Waals surface area (Å²) in [6, 6.07) is 4.77. The summed E-state index contributed by atoms with van der Waals surface area (Å²) < 4.78 is 13.9. The third-order valence-electron chi connectivity index (χ3n) is 2.66. The van der Waals surface area contributed by atoms with Gasteiger partial charge in [0, 0.05) is 31.1 Å². The van der Waals surface area contributed by atoms with Crippen LogP contribution >= 0.6 is 0 Å². The molecule has 4 nitrogen and oxygen atoms in total. The van der Waals surface area contributed by atoms with Crippen molar-refractivity contribution in [2.45, 2.75) is 13.0 Å². The van der Waals surface area contributed by atoms with E-state index in [9.17, 15) is 9.18 Å². The van der Waals surface area contributed by atoms with Crippen molar-refractivity contribution in [3.05, 3.63) is 35.1 Å². The molecule has 0 spiro atoms. The number of nitrogens with zero attached hydrogens (tertiary/aromatic N) is 1. The molecule has 0 radical (unpaired) electrons. The van der Waals surface area contributed by atoms with Crippen LogP contribution in [0.1, 0.15) is 17.5 Å². The predicted octanol–water partition coefficient (Wildman–Crippen LogP) is 0.737. The first-order valence-electron chi connectivity index (χ1n) is 6.34. The summed E-state index contributed by atoms with van der Waals surface area (Å²) in [7, 11) is 3.32. The number of likely N-dealkylation sites (N-methyl/N-ethyl adjacent to an activating group) is 2. The van der Waals surface area contributed by atoms with Gasteiger partial charge in [-0.1, -0.05) is 17.9 Å². The van der Waals surface area contributed by atoms with E-state index in [4.69, 9.17) is 5.11 Å². The molecule has 1 aromatic rings. The maximum atomic E-state index is 13.9. The van der Waals surface area contributed by atoms with Crippen LogP contribution in [0.5, 0.6) is 0 Å². The van der Waals surface area contributed by atoms with E-state index in [1.807, 2.05) is 0 Å². The van der Waals surface area contributed by atoms with Crippen molar-refractivity contribution in [2.75, 3.05) is 27.2 Å². The molecule has 5 heteroatoms. The van der Waals surface area contributed by atoms with E-state index in [-0.39, 0.29) is 24.9 Å². The second kappa shape index (κ2) is 8.31. The summed E-state index contributed by atoms with van der Waals surface area (Å²) in [5, 5.41) is 11.1. The zero-order valence-electron chi connectivity index (χ0n) is 11.7. The molecule has 20 heavy (non-hydrogen) atoms. The van der Waals surface area contributed by atoms with Gasteiger partial charge >= 0.3 is 0 Å². The average Bonchev–Trinajstić information content (AvgIpc) is 2.42. The van der Waals surface area contributed by atoms with Gasteiger partial charge in [0.25, 0.3) is 0 Å². The third kappa shape index (κ3) is 5.39. The summed E-state index contributed by atoms with van der Waals surface area (Å²) in [6.45, 7) is 0.565.